The Morgan fingerprint density at radius 2 is 1.85 bits per heavy atom. The van der Waals surface area contributed by atoms with Gasteiger partial charge < -0.3 is 0 Å². The van der Waals surface area contributed by atoms with Crippen LogP contribution in [0.2, 0.25) is 0 Å². The number of alkyl halides is 2. The average Bonchev–Trinajstić information content (AvgIpc) is 2.93. The SMILES string of the molecule is CC(C)C[C@@H](C)C(F)(F)C(=O)CCC1CCC(=O)C1Cc1ccccc1. The van der Waals surface area contributed by atoms with E-state index in [2.05, 4.69) is 0 Å². The van der Waals surface area contributed by atoms with Gasteiger partial charge in [-0.05, 0) is 43.1 Å². The van der Waals surface area contributed by atoms with Crippen LogP contribution >= 0.6 is 0 Å². The fourth-order valence-electron chi connectivity index (χ4n) is 4.08. The molecule has 1 aliphatic carbocycles. The lowest BCUT2D eigenvalue weighted by Crippen LogP contribution is -2.37. The van der Waals surface area contributed by atoms with Gasteiger partial charge in [-0.15, -0.1) is 0 Å². The number of Topliss-reactive ketones (excluding diaryl/α,β-unsaturated/α-hetero) is 2. The van der Waals surface area contributed by atoms with Crippen molar-refractivity contribution in [3.8, 4) is 0 Å². The Bertz CT molecular complexity index is 610. The van der Waals surface area contributed by atoms with Crippen molar-refractivity contribution in [3.05, 3.63) is 35.9 Å². The molecule has 1 aromatic carbocycles. The maximum atomic E-state index is 14.3. The molecule has 0 radical (unpaired) electrons. The van der Waals surface area contributed by atoms with Crippen LogP contribution in [0, 0.1) is 23.7 Å². The maximum absolute atomic E-state index is 14.3. The summed E-state index contributed by atoms with van der Waals surface area (Å²) in [7, 11) is 0. The summed E-state index contributed by atoms with van der Waals surface area (Å²) in [5, 5.41) is 0. The lowest BCUT2D eigenvalue weighted by molar-refractivity contribution is -0.151. The summed E-state index contributed by atoms with van der Waals surface area (Å²) in [4.78, 5) is 24.4. The van der Waals surface area contributed by atoms with E-state index in [-0.39, 0.29) is 30.0 Å². The number of hydrogen-bond donors (Lipinski definition) is 0. The first-order valence-electron chi connectivity index (χ1n) is 9.69. The number of carbonyl (C=O) groups is 2. The topological polar surface area (TPSA) is 34.1 Å². The molecule has 0 aliphatic heterocycles. The molecular weight excluding hydrogens is 334 g/mol. The molecule has 26 heavy (non-hydrogen) atoms. The lowest BCUT2D eigenvalue weighted by atomic mass is 9.84. The van der Waals surface area contributed by atoms with Gasteiger partial charge in [0.05, 0.1) is 0 Å². The predicted octanol–water partition coefficient (Wildman–Crippen LogP) is 5.49. The van der Waals surface area contributed by atoms with Crippen molar-refractivity contribution in [1.29, 1.82) is 0 Å². The molecule has 1 fully saturated rings. The molecule has 0 aromatic heterocycles. The van der Waals surface area contributed by atoms with Gasteiger partial charge in [-0.1, -0.05) is 51.1 Å². The van der Waals surface area contributed by atoms with E-state index in [1.54, 1.807) is 0 Å². The molecule has 0 amide bonds. The largest absolute Gasteiger partial charge is 0.307 e. The summed E-state index contributed by atoms with van der Waals surface area (Å²) in [5.74, 6) is -4.97. The van der Waals surface area contributed by atoms with Gasteiger partial charge in [0.1, 0.15) is 5.78 Å². The van der Waals surface area contributed by atoms with Crippen molar-refractivity contribution in [2.24, 2.45) is 23.7 Å². The van der Waals surface area contributed by atoms with Crippen molar-refractivity contribution in [3.63, 3.8) is 0 Å². The number of rotatable bonds is 9. The van der Waals surface area contributed by atoms with Crippen molar-refractivity contribution in [2.45, 2.75) is 65.2 Å². The molecule has 4 heteroatoms. The Balaban J connectivity index is 1.94. The second kappa shape index (κ2) is 8.88. The van der Waals surface area contributed by atoms with Crippen LogP contribution in [0.15, 0.2) is 30.3 Å². The van der Waals surface area contributed by atoms with Gasteiger partial charge in [0.2, 0.25) is 5.78 Å². The Hall–Kier alpha value is -1.58. The normalized spacial score (nSPS) is 22.0. The molecule has 1 aliphatic rings. The van der Waals surface area contributed by atoms with Crippen molar-refractivity contribution in [2.75, 3.05) is 0 Å². The number of benzene rings is 1. The molecule has 2 rings (SSSR count). The Morgan fingerprint density at radius 1 is 1.19 bits per heavy atom. The first kappa shape index (κ1) is 20.7. The highest BCUT2D eigenvalue weighted by atomic mass is 19.3. The summed E-state index contributed by atoms with van der Waals surface area (Å²) < 4.78 is 28.7. The maximum Gasteiger partial charge on any atom is 0.307 e. The molecule has 0 bridgehead atoms. The first-order valence-corrected chi connectivity index (χ1v) is 9.69. The van der Waals surface area contributed by atoms with E-state index in [4.69, 9.17) is 0 Å². The van der Waals surface area contributed by atoms with Gasteiger partial charge in [-0.2, -0.15) is 8.78 Å². The molecule has 0 heterocycles. The Kier molecular flexibility index (Phi) is 7.08. The Morgan fingerprint density at radius 3 is 2.46 bits per heavy atom. The zero-order valence-electron chi connectivity index (χ0n) is 16.0. The molecule has 1 aromatic rings. The van der Waals surface area contributed by atoms with Crippen molar-refractivity contribution >= 4 is 11.6 Å². The van der Waals surface area contributed by atoms with Crippen LogP contribution < -0.4 is 0 Å². The molecular formula is C22H30F2O2. The Labute approximate surface area is 155 Å². The highest BCUT2D eigenvalue weighted by molar-refractivity contribution is 5.86. The molecule has 0 N–H and O–H groups in total. The second-order valence-electron chi connectivity index (χ2n) is 8.18. The van der Waals surface area contributed by atoms with Crippen LogP contribution in [0.3, 0.4) is 0 Å². The lowest BCUT2D eigenvalue weighted by Gasteiger charge is -2.25. The third kappa shape index (κ3) is 5.21. The molecule has 2 nitrogen and oxygen atoms in total. The van der Waals surface area contributed by atoms with E-state index >= 15 is 0 Å². The molecule has 0 spiro atoms. The zero-order chi connectivity index (χ0) is 19.3. The number of halogens is 2. The zero-order valence-corrected chi connectivity index (χ0v) is 16.0. The van der Waals surface area contributed by atoms with Gasteiger partial charge >= 0.3 is 5.92 Å². The first-order chi connectivity index (χ1) is 12.2. The average molecular weight is 364 g/mol. The highest BCUT2D eigenvalue weighted by Gasteiger charge is 2.44. The van der Waals surface area contributed by atoms with Gasteiger partial charge in [-0.3, -0.25) is 9.59 Å². The van der Waals surface area contributed by atoms with Crippen LogP contribution in [-0.4, -0.2) is 17.5 Å². The monoisotopic (exact) mass is 364 g/mol. The molecule has 2 unspecified atom stereocenters. The van der Waals surface area contributed by atoms with E-state index in [9.17, 15) is 18.4 Å². The van der Waals surface area contributed by atoms with Gasteiger partial charge in [0.25, 0.3) is 0 Å². The van der Waals surface area contributed by atoms with Crippen LogP contribution in [0.25, 0.3) is 0 Å². The van der Waals surface area contributed by atoms with Crippen molar-refractivity contribution in [1.82, 2.24) is 0 Å². The summed E-state index contributed by atoms with van der Waals surface area (Å²) in [6.07, 6.45) is 2.41. The molecule has 144 valence electrons. The number of hydrogen-bond acceptors (Lipinski definition) is 2. The van der Waals surface area contributed by atoms with E-state index in [0.29, 0.717) is 32.1 Å². The van der Waals surface area contributed by atoms with Crippen LogP contribution in [0.1, 0.15) is 58.4 Å². The van der Waals surface area contributed by atoms with Crippen LogP contribution in [-0.2, 0) is 16.0 Å². The predicted molar refractivity (Wildman–Crippen MR) is 99.2 cm³/mol. The van der Waals surface area contributed by atoms with Crippen molar-refractivity contribution < 1.29 is 18.4 Å². The van der Waals surface area contributed by atoms with E-state index in [1.165, 1.54) is 6.92 Å². The quantitative estimate of drug-likeness (QED) is 0.580. The van der Waals surface area contributed by atoms with Crippen LogP contribution in [0.4, 0.5) is 8.78 Å². The minimum Gasteiger partial charge on any atom is -0.299 e. The minimum absolute atomic E-state index is 0.0304. The van der Waals surface area contributed by atoms with Gasteiger partial charge in [-0.25, -0.2) is 0 Å². The van der Waals surface area contributed by atoms with Crippen LogP contribution in [0.5, 0.6) is 0 Å². The highest BCUT2D eigenvalue weighted by Crippen LogP contribution is 2.37. The van der Waals surface area contributed by atoms with E-state index < -0.39 is 17.6 Å². The molecule has 3 atom stereocenters. The van der Waals surface area contributed by atoms with E-state index in [0.717, 1.165) is 5.56 Å². The summed E-state index contributed by atoms with van der Waals surface area (Å²) in [5.41, 5.74) is 1.08. The standard InChI is InChI=1S/C22H30F2O2/c1-15(2)13-16(3)22(23,24)21(26)12-10-18-9-11-20(25)19(18)14-17-7-5-4-6-8-17/h4-8,15-16,18-19H,9-14H2,1-3H3/t16-,18?,19?/m1/s1. The third-order valence-electron chi connectivity index (χ3n) is 5.60. The fraction of sp³-hybridized carbons (Fsp3) is 0.636. The number of carbonyl (C=O) groups excluding carboxylic acids is 2. The smallest absolute Gasteiger partial charge is 0.299 e. The summed E-state index contributed by atoms with van der Waals surface area (Å²) >= 11 is 0. The minimum atomic E-state index is -3.28. The van der Waals surface area contributed by atoms with Gasteiger partial charge in [0.15, 0.2) is 0 Å². The molecule has 1 saturated carbocycles. The summed E-state index contributed by atoms with van der Waals surface area (Å²) in [6, 6.07) is 9.76. The third-order valence-corrected chi connectivity index (χ3v) is 5.60. The molecule has 0 saturated heterocycles. The second-order valence-corrected chi connectivity index (χ2v) is 8.18. The summed E-state index contributed by atoms with van der Waals surface area (Å²) in [6.45, 7) is 5.22. The van der Waals surface area contributed by atoms with Gasteiger partial charge in [0, 0.05) is 24.7 Å². The number of ketones is 2. The van der Waals surface area contributed by atoms with E-state index in [1.807, 2.05) is 44.2 Å². The fourth-order valence-corrected chi connectivity index (χ4v) is 4.08.